The van der Waals surface area contributed by atoms with Crippen LogP contribution in [0.25, 0.3) is 0 Å². The molecule has 14 heavy (non-hydrogen) atoms. The second-order valence-corrected chi connectivity index (χ2v) is 3.13. The standard InChI is InChI=1S/C9H11BO4/c1-6-2-3-8(10(13)14)4-7(6)5-9(11)12/h2-4,13-14H,5H2,1H3,(H,11,12). The summed E-state index contributed by atoms with van der Waals surface area (Å²) in [6.45, 7) is 1.78. The second-order valence-electron chi connectivity index (χ2n) is 3.13. The van der Waals surface area contributed by atoms with Crippen molar-refractivity contribution in [1.29, 1.82) is 0 Å². The summed E-state index contributed by atoms with van der Waals surface area (Å²) in [7, 11) is -1.55. The van der Waals surface area contributed by atoms with E-state index in [2.05, 4.69) is 0 Å². The molecule has 0 saturated heterocycles. The van der Waals surface area contributed by atoms with Crippen LogP contribution in [0.5, 0.6) is 0 Å². The molecule has 0 amide bonds. The minimum absolute atomic E-state index is 0.105. The summed E-state index contributed by atoms with van der Waals surface area (Å²) >= 11 is 0. The van der Waals surface area contributed by atoms with Gasteiger partial charge in [0.1, 0.15) is 0 Å². The topological polar surface area (TPSA) is 77.8 Å². The largest absolute Gasteiger partial charge is 0.488 e. The summed E-state index contributed by atoms with van der Waals surface area (Å²) < 4.78 is 0. The predicted molar refractivity (Wildman–Crippen MR) is 52.3 cm³/mol. The Morgan fingerprint density at radius 3 is 2.57 bits per heavy atom. The molecule has 4 nitrogen and oxygen atoms in total. The first-order valence-corrected chi connectivity index (χ1v) is 4.18. The van der Waals surface area contributed by atoms with Crippen molar-refractivity contribution in [3.05, 3.63) is 29.3 Å². The summed E-state index contributed by atoms with van der Waals surface area (Å²) in [5.74, 6) is -0.933. The van der Waals surface area contributed by atoms with Gasteiger partial charge in [-0.15, -0.1) is 0 Å². The van der Waals surface area contributed by atoms with E-state index in [9.17, 15) is 4.79 Å². The molecule has 0 atom stereocenters. The molecule has 3 N–H and O–H groups in total. The van der Waals surface area contributed by atoms with Crippen molar-refractivity contribution in [2.45, 2.75) is 13.3 Å². The average Bonchev–Trinajstić information content (AvgIpc) is 2.07. The highest BCUT2D eigenvalue weighted by Gasteiger charge is 2.13. The van der Waals surface area contributed by atoms with E-state index >= 15 is 0 Å². The van der Waals surface area contributed by atoms with E-state index in [-0.39, 0.29) is 6.42 Å². The van der Waals surface area contributed by atoms with Crippen molar-refractivity contribution >= 4 is 18.6 Å². The van der Waals surface area contributed by atoms with Crippen LogP contribution in [0.2, 0.25) is 0 Å². The molecule has 0 unspecified atom stereocenters. The van der Waals surface area contributed by atoms with Gasteiger partial charge in [0.15, 0.2) is 0 Å². The van der Waals surface area contributed by atoms with E-state index in [1.807, 2.05) is 0 Å². The first-order valence-electron chi connectivity index (χ1n) is 4.18. The zero-order chi connectivity index (χ0) is 10.7. The summed E-state index contributed by atoms with van der Waals surface area (Å²) in [6, 6.07) is 4.73. The van der Waals surface area contributed by atoms with Gasteiger partial charge in [0.2, 0.25) is 0 Å². The lowest BCUT2D eigenvalue weighted by Gasteiger charge is -2.06. The fourth-order valence-corrected chi connectivity index (χ4v) is 1.21. The molecule has 0 bridgehead atoms. The number of rotatable bonds is 3. The van der Waals surface area contributed by atoms with Gasteiger partial charge in [0.05, 0.1) is 6.42 Å². The van der Waals surface area contributed by atoms with E-state index in [4.69, 9.17) is 15.2 Å². The molecule has 0 aliphatic heterocycles. The van der Waals surface area contributed by atoms with E-state index in [1.165, 1.54) is 6.07 Å². The molecule has 0 fully saturated rings. The van der Waals surface area contributed by atoms with Crippen LogP contribution in [0.4, 0.5) is 0 Å². The first-order chi connectivity index (χ1) is 6.50. The summed E-state index contributed by atoms with van der Waals surface area (Å²) in [4.78, 5) is 10.5. The highest BCUT2D eigenvalue weighted by molar-refractivity contribution is 6.58. The van der Waals surface area contributed by atoms with E-state index in [1.54, 1.807) is 19.1 Å². The Kier molecular flexibility index (Phi) is 3.27. The lowest BCUT2D eigenvalue weighted by atomic mass is 9.78. The molecule has 0 aliphatic rings. The minimum atomic E-state index is -1.55. The maximum atomic E-state index is 10.5. The van der Waals surface area contributed by atoms with Crippen molar-refractivity contribution in [3.63, 3.8) is 0 Å². The number of benzene rings is 1. The summed E-state index contributed by atoms with van der Waals surface area (Å²) in [6.07, 6.45) is -0.105. The number of carbonyl (C=O) groups is 1. The Labute approximate surface area is 82.0 Å². The lowest BCUT2D eigenvalue weighted by molar-refractivity contribution is -0.136. The molecule has 1 aromatic rings. The molecule has 1 aromatic carbocycles. The van der Waals surface area contributed by atoms with Gasteiger partial charge in [0, 0.05) is 0 Å². The Bertz CT molecular complexity index is 349. The lowest BCUT2D eigenvalue weighted by Crippen LogP contribution is -2.30. The van der Waals surface area contributed by atoms with Crippen LogP contribution < -0.4 is 5.46 Å². The number of carboxylic acids is 1. The van der Waals surface area contributed by atoms with E-state index in [0.29, 0.717) is 11.0 Å². The fraction of sp³-hybridized carbons (Fsp3) is 0.222. The van der Waals surface area contributed by atoms with Crippen LogP contribution in [0.3, 0.4) is 0 Å². The van der Waals surface area contributed by atoms with Gasteiger partial charge in [-0.3, -0.25) is 4.79 Å². The third-order valence-electron chi connectivity index (χ3n) is 2.01. The molecule has 0 heterocycles. The predicted octanol–water partition coefficient (Wildman–Crippen LogP) is -0.698. The van der Waals surface area contributed by atoms with Crippen molar-refractivity contribution in [2.75, 3.05) is 0 Å². The third kappa shape index (κ3) is 2.58. The Morgan fingerprint density at radius 2 is 2.07 bits per heavy atom. The molecule has 0 aromatic heterocycles. The van der Waals surface area contributed by atoms with Crippen LogP contribution in [-0.4, -0.2) is 28.2 Å². The van der Waals surface area contributed by atoms with Gasteiger partial charge in [-0.05, 0) is 23.5 Å². The third-order valence-corrected chi connectivity index (χ3v) is 2.01. The molecule has 0 spiro atoms. The monoisotopic (exact) mass is 194 g/mol. The van der Waals surface area contributed by atoms with Gasteiger partial charge < -0.3 is 15.2 Å². The van der Waals surface area contributed by atoms with Crippen molar-refractivity contribution in [2.24, 2.45) is 0 Å². The zero-order valence-electron chi connectivity index (χ0n) is 7.77. The van der Waals surface area contributed by atoms with Gasteiger partial charge in [-0.25, -0.2) is 0 Å². The molecule has 74 valence electrons. The van der Waals surface area contributed by atoms with Crippen molar-refractivity contribution in [3.8, 4) is 0 Å². The quantitative estimate of drug-likeness (QED) is 0.556. The Balaban J connectivity index is 3.02. The van der Waals surface area contributed by atoms with Crippen molar-refractivity contribution in [1.82, 2.24) is 0 Å². The van der Waals surface area contributed by atoms with Crippen molar-refractivity contribution < 1.29 is 19.9 Å². The van der Waals surface area contributed by atoms with Crippen LogP contribution in [0.1, 0.15) is 11.1 Å². The molecular weight excluding hydrogens is 183 g/mol. The first kappa shape index (κ1) is 10.8. The molecule has 1 rings (SSSR count). The van der Waals surface area contributed by atoms with Crippen LogP contribution in [0, 0.1) is 6.92 Å². The summed E-state index contributed by atoms with van der Waals surface area (Å²) in [5, 5.41) is 26.4. The smallest absolute Gasteiger partial charge is 0.481 e. The fourth-order valence-electron chi connectivity index (χ4n) is 1.21. The number of hydrogen-bond donors (Lipinski definition) is 3. The Hall–Kier alpha value is -1.33. The van der Waals surface area contributed by atoms with Crippen LogP contribution in [-0.2, 0) is 11.2 Å². The SMILES string of the molecule is Cc1ccc(B(O)O)cc1CC(=O)O. The molecule has 5 heteroatoms. The number of aryl methyl sites for hydroxylation is 1. The second kappa shape index (κ2) is 4.26. The molecule has 0 saturated carbocycles. The molecular formula is C9H11BO4. The highest BCUT2D eigenvalue weighted by Crippen LogP contribution is 2.06. The maximum absolute atomic E-state index is 10.5. The van der Waals surface area contributed by atoms with Gasteiger partial charge >= 0.3 is 13.1 Å². The maximum Gasteiger partial charge on any atom is 0.488 e. The van der Waals surface area contributed by atoms with Crippen LogP contribution >= 0.6 is 0 Å². The highest BCUT2D eigenvalue weighted by atomic mass is 16.4. The normalized spacial score (nSPS) is 9.93. The zero-order valence-corrected chi connectivity index (χ0v) is 7.77. The number of aliphatic carboxylic acids is 1. The molecule has 0 aliphatic carbocycles. The van der Waals surface area contributed by atoms with E-state index in [0.717, 1.165) is 5.56 Å². The van der Waals surface area contributed by atoms with Crippen LogP contribution in [0.15, 0.2) is 18.2 Å². The Morgan fingerprint density at radius 1 is 1.43 bits per heavy atom. The molecule has 0 radical (unpaired) electrons. The number of hydrogen-bond acceptors (Lipinski definition) is 3. The number of carboxylic acid groups (broad SMARTS) is 1. The van der Waals surface area contributed by atoms with E-state index < -0.39 is 13.1 Å². The van der Waals surface area contributed by atoms with Gasteiger partial charge in [-0.1, -0.05) is 18.2 Å². The summed E-state index contributed by atoms with van der Waals surface area (Å²) in [5.41, 5.74) is 1.74. The minimum Gasteiger partial charge on any atom is -0.481 e. The van der Waals surface area contributed by atoms with Gasteiger partial charge in [-0.2, -0.15) is 0 Å². The van der Waals surface area contributed by atoms with Gasteiger partial charge in [0.25, 0.3) is 0 Å². The average molecular weight is 194 g/mol.